The minimum atomic E-state index is -0.140. The second kappa shape index (κ2) is 10.2. The standard InChI is InChI=1S/C23H25N5O2S2/c1-3-28-21(15-9-11-16(12-10-15)30-4-2)26-27-23(28)31-14-20(29)25-22-18(13-24)17-7-5-6-8-19(17)32-22/h9-12H,3-8,14H2,1-2H3,(H,25,29). The Labute approximate surface area is 195 Å². The summed E-state index contributed by atoms with van der Waals surface area (Å²) in [5, 5.41) is 22.5. The van der Waals surface area contributed by atoms with Gasteiger partial charge in [-0.1, -0.05) is 11.8 Å². The number of fused-ring (bicyclic) bond motifs is 1. The van der Waals surface area contributed by atoms with Crippen LogP contribution in [0.3, 0.4) is 0 Å². The number of aromatic nitrogens is 3. The fourth-order valence-corrected chi connectivity index (χ4v) is 5.88. The Balaban J connectivity index is 1.44. The van der Waals surface area contributed by atoms with Crippen molar-refractivity contribution in [1.82, 2.24) is 14.8 Å². The first-order chi connectivity index (χ1) is 15.6. The van der Waals surface area contributed by atoms with Crippen molar-refractivity contribution in [2.75, 3.05) is 17.7 Å². The van der Waals surface area contributed by atoms with Crippen molar-refractivity contribution in [2.45, 2.75) is 51.2 Å². The minimum Gasteiger partial charge on any atom is -0.494 e. The quantitative estimate of drug-likeness (QED) is 0.473. The molecular weight excluding hydrogens is 442 g/mol. The second-order valence-electron chi connectivity index (χ2n) is 7.37. The molecule has 1 aromatic carbocycles. The van der Waals surface area contributed by atoms with Gasteiger partial charge in [0.05, 0.1) is 17.9 Å². The molecule has 2 aromatic heterocycles. The average molecular weight is 468 g/mol. The minimum absolute atomic E-state index is 0.140. The number of nitrogens with zero attached hydrogens (tertiary/aromatic N) is 4. The molecule has 0 aliphatic heterocycles. The van der Waals surface area contributed by atoms with Gasteiger partial charge in [0.2, 0.25) is 5.91 Å². The zero-order valence-electron chi connectivity index (χ0n) is 18.2. The van der Waals surface area contributed by atoms with Crippen molar-refractivity contribution in [3.05, 3.63) is 40.3 Å². The van der Waals surface area contributed by atoms with Crippen molar-refractivity contribution in [3.63, 3.8) is 0 Å². The monoisotopic (exact) mass is 467 g/mol. The highest BCUT2D eigenvalue weighted by Gasteiger charge is 2.22. The average Bonchev–Trinajstić information content (AvgIpc) is 3.38. The molecule has 1 amide bonds. The number of thioether (sulfide) groups is 1. The fourth-order valence-electron chi connectivity index (χ4n) is 3.83. The molecule has 0 fully saturated rings. The molecule has 1 N–H and O–H groups in total. The van der Waals surface area contributed by atoms with Crippen LogP contribution >= 0.6 is 23.1 Å². The molecule has 0 radical (unpaired) electrons. The molecule has 9 heteroatoms. The van der Waals surface area contributed by atoms with Gasteiger partial charge < -0.3 is 14.6 Å². The number of amides is 1. The summed E-state index contributed by atoms with van der Waals surface area (Å²) in [6.45, 7) is 5.29. The molecule has 3 aromatic rings. The lowest BCUT2D eigenvalue weighted by Crippen LogP contribution is -2.14. The van der Waals surface area contributed by atoms with Crippen LogP contribution in [0.15, 0.2) is 29.4 Å². The number of ether oxygens (including phenoxy) is 1. The van der Waals surface area contributed by atoms with Gasteiger partial charge in [-0.2, -0.15) is 5.26 Å². The number of benzene rings is 1. The first-order valence-corrected chi connectivity index (χ1v) is 12.6. The maximum Gasteiger partial charge on any atom is 0.235 e. The molecule has 7 nitrogen and oxygen atoms in total. The molecule has 166 valence electrons. The lowest BCUT2D eigenvalue weighted by atomic mass is 9.96. The predicted octanol–water partition coefficient (Wildman–Crippen LogP) is 4.91. The first kappa shape index (κ1) is 22.4. The highest BCUT2D eigenvalue weighted by Crippen LogP contribution is 2.37. The van der Waals surface area contributed by atoms with Crippen molar-refractivity contribution in [3.8, 4) is 23.2 Å². The summed E-state index contributed by atoms with van der Waals surface area (Å²) in [5.41, 5.74) is 2.71. The topological polar surface area (TPSA) is 92.8 Å². The first-order valence-electron chi connectivity index (χ1n) is 10.8. The van der Waals surface area contributed by atoms with E-state index in [1.54, 1.807) is 11.3 Å². The van der Waals surface area contributed by atoms with E-state index < -0.39 is 0 Å². The smallest absolute Gasteiger partial charge is 0.235 e. The molecule has 0 unspecified atom stereocenters. The van der Waals surface area contributed by atoms with Crippen molar-refractivity contribution in [2.24, 2.45) is 0 Å². The molecule has 0 spiro atoms. The summed E-state index contributed by atoms with van der Waals surface area (Å²) in [6, 6.07) is 10.0. The maximum absolute atomic E-state index is 12.6. The molecule has 0 saturated heterocycles. The predicted molar refractivity (Wildman–Crippen MR) is 127 cm³/mol. The molecular formula is C23H25N5O2S2. The van der Waals surface area contributed by atoms with Crippen LogP contribution in [0.4, 0.5) is 5.00 Å². The molecule has 0 bridgehead atoms. The van der Waals surface area contributed by atoms with Crippen molar-refractivity contribution in [1.29, 1.82) is 5.26 Å². The van der Waals surface area contributed by atoms with E-state index in [0.29, 0.717) is 28.9 Å². The van der Waals surface area contributed by atoms with E-state index in [0.717, 1.165) is 48.4 Å². The van der Waals surface area contributed by atoms with E-state index in [2.05, 4.69) is 21.6 Å². The molecule has 0 atom stereocenters. The highest BCUT2D eigenvalue weighted by molar-refractivity contribution is 7.99. The third-order valence-corrected chi connectivity index (χ3v) is 7.50. The number of hydrogen-bond donors (Lipinski definition) is 1. The van der Waals surface area contributed by atoms with Crippen molar-refractivity contribution < 1.29 is 9.53 Å². The Morgan fingerprint density at radius 3 is 2.75 bits per heavy atom. The number of nitrogens with one attached hydrogen (secondary N) is 1. The largest absolute Gasteiger partial charge is 0.494 e. The number of aryl methyl sites for hydroxylation is 1. The van der Waals surface area contributed by atoms with E-state index in [4.69, 9.17) is 4.74 Å². The van der Waals surface area contributed by atoms with Gasteiger partial charge in [0.25, 0.3) is 0 Å². The van der Waals surface area contributed by atoms with E-state index in [-0.39, 0.29) is 11.7 Å². The number of rotatable bonds is 8. The third kappa shape index (κ3) is 4.66. The van der Waals surface area contributed by atoms with Gasteiger partial charge >= 0.3 is 0 Å². The van der Waals surface area contributed by atoms with Gasteiger partial charge in [-0.3, -0.25) is 4.79 Å². The van der Waals surface area contributed by atoms with Gasteiger partial charge in [0.1, 0.15) is 16.8 Å². The molecule has 2 heterocycles. The van der Waals surface area contributed by atoms with Crippen molar-refractivity contribution >= 4 is 34.0 Å². The van der Waals surface area contributed by atoms with E-state index in [1.807, 2.05) is 42.7 Å². The summed E-state index contributed by atoms with van der Waals surface area (Å²) in [5.74, 6) is 1.64. The number of anilines is 1. The maximum atomic E-state index is 12.6. The van der Waals surface area contributed by atoms with Gasteiger partial charge in [-0.25, -0.2) is 0 Å². The summed E-state index contributed by atoms with van der Waals surface area (Å²) in [4.78, 5) is 13.9. The lowest BCUT2D eigenvalue weighted by Gasteiger charge is -2.09. The molecule has 1 aliphatic carbocycles. The summed E-state index contributed by atoms with van der Waals surface area (Å²) >= 11 is 2.89. The van der Waals surface area contributed by atoms with Crippen LogP contribution in [0.5, 0.6) is 5.75 Å². The zero-order valence-corrected chi connectivity index (χ0v) is 19.8. The van der Waals surface area contributed by atoms with E-state index >= 15 is 0 Å². The van der Waals surface area contributed by atoms with Crippen LogP contribution in [0, 0.1) is 11.3 Å². The molecule has 32 heavy (non-hydrogen) atoms. The molecule has 1 aliphatic rings. The second-order valence-corrected chi connectivity index (χ2v) is 9.42. The fraction of sp³-hybridized carbons (Fsp3) is 0.391. The molecule has 0 saturated carbocycles. The highest BCUT2D eigenvalue weighted by atomic mass is 32.2. The Kier molecular flexibility index (Phi) is 7.12. The number of carbonyl (C=O) groups excluding carboxylic acids is 1. The normalized spacial score (nSPS) is 12.8. The van der Waals surface area contributed by atoms with Gasteiger partial charge in [-0.15, -0.1) is 21.5 Å². The number of thiophene rings is 1. The summed E-state index contributed by atoms with van der Waals surface area (Å²) in [6.07, 6.45) is 4.16. The SMILES string of the molecule is CCOc1ccc(-c2nnc(SCC(=O)Nc3sc4c(c3C#N)CCCC4)n2CC)cc1. The van der Waals surface area contributed by atoms with Crippen LogP contribution in [-0.4, -0.2) is 33.0 Å². The van der Waals surface area contributed by atoms with Gasteiger partial charge in [-0.05, 0) is 69.4 Å². The van der Waals surface area contributed by atoms with Crippen LogP contribution in [-0.2, 0) is 24.2 Å². The van der Waals surface area contributed by atoms with Crippen LogP contribution in [0.2, 0.25) is 0 Å². The third-order valence-electron chi connectivity index (χ3n) is 5.33. The Morgan fingerprint density at radius 2 is 2.03 bits per heavy atom. The summed E-state index contributed by atoms with van der Waals surface area (Å²) in [7, 11) is 0. The number of nitriles is 1. The van der Waals surface area contributed by atoms with E-state index in [1.165, 1.54) is 16.6 Å². The number of carbonyl (C=O) groups is 1. The van der Waals surface area contributed by atoms with Crippen LogP contribution < -0.4 is 10.1 Å². The van der Waals surface area contributed by atoms with Crippen LogP contribution in [0.25, 0.3) is 11.4 Å². The Hall–Kier alpha value is -2.83. The van der Waals surface area contributed by atoms with Gasteiger partial charge in [0.15, 0.2) is 11.0 Å². The Bertz CT molecular complexity index is 1140. The van der Waals surface area contributed by atoms with E-state index in [9.17, 15) is 10.1 Å². The zero-order chi connectivity index (χ0) is 22.5. The Morgan fingerprint density at radius 1 is 1.25 bits per heavy atom. The van der Waals surface area contributed by atoms with Crippen LogP contribution in [0.1, 0.15) is 42.7 Å². The summed E-state index contributed by atoms with van der Waals surface area (Å²) < 4.78 is 7.50. The molecule has 4 rings (SSSR count). The lowest BCUT2D eigenvalue weighted by molar-refractivity contribution is -0.113. The van der Waals surface area contributed by atoms with Gasteiger partial charge in [0, 0.05) is 17.0 Å². The number of hydrogen-bond acceptors (Lipinski definition) is 7.